The average molecular weight is 342 g/mol. The molecule has 0 radical (unpaired) electrons. The zero-order valence-electron chi connectivity index (χ0n) is 10.6. The average Bonchev–Trinajstić information content (AvgIpc) is 2.44. The fraction of sp³-hybridized carbons (Fsp3) is 0.200. The summed E-state index contributed by atoms with van der Waals surface area (Å²) in [5, 5.41) is 10.4. The number of rotatable bonds is 4. The van der Waals surface area contributed by atoms with Crippen molar-refractivity contribution < 1.29 is 13.9 Å². The van der Waals surface area contributed by atoms with E-state index in [1.165, 1.54) is 6.07 Å². The molecular weight excluding hydrogens is 328 g/mol. The number of benzene rings is 2. The van der Waals surface area contributed by atoms with Crippen LogP contribution in [-0.4, -0.2) is 11.7 Å². The van der Waals surface area contributed by atoms with E-state index >= 15 is 0 Å². The van der Waals surface area contributed by atoms with Gasteiger partial charge in [0.15, 0.2) is 11.6 Å². The Morgan fingerprint density at radius 2 is 1.80 bits per heavy atom. The summed E-state index contributed by atoms with van der Waals surface area (Å²) in [4.78, 5) is 0. The lowest BCUT2D eigenvalue weighted by atomic mass is 9.89. The van der Waals surface area contributed by atoms with Crippen LogP contribution < -0.4 is 5.73 Å². The van der Waals surface area contributed by atoms with Crippen molar-refractivity contribution in [1.82, 2.24) is 0 Å². The van der Waals surface area contributed by atoms with Crippen LogP contribution in [0.1, 0.15) is 23.1 Å². The Bertz CT molecular complexity index is 606. The Labute approximate surface area is 124 Å². The SMILES string of the molecule is NCC(c1ccccc1Br)C(O)c1ccc(F)c(F)c1. The third-order valence-electron chi connectivity index (χ3n) is 3.22. The van der Waals surface area contributed by atoms with E-state index in [9.17, 15) is 13.9 Å². The molecule has 0 fully saturated rings. The summed E-state index contributed by atoms with van der Waals surface area (Å²) >= 11 is 3.40. The first-order valence-corrected chi connectivity index (χ1v) is 6.91. The van der Waals surface area contributed by atoms with Gasteiger partial charge in [0.2, 0.25) is 0 Å². The fourth-order valence-electron chi connectivity index (χ4n) is 2.13. The number of aliphatic hydroxyl groups excluding tert-OH is 1. The van der Waals surface area contributed by atoms with Crippen molar-refractivity contribution in [1.29, 1.82) is 0 Å². The summed E-state index contributed by atoms with van der Waals surface area (Å²) in [6, 6.07) is 10.7. The van der Waals surface area contributed by atoms with Crippen LogP contribution in [-0.2, 0) is 0 Å². The number of halogens is 3. The van der Waals surface area contributed by atoms with E-state index in [2.05, 4.69) is 15.9 Å². The molecule has 0 bridgehead atoms. The minimum atomic E-state index is -1.01. The Hall–Kier alpha value is -1.30. The number of hydrogen-bond acceptors (Lipinski definition) is 2. The molecule has 2 aromatic carbocycles. The molecule has 2 rings (SSSR count). The first-order chi connectivity index (χ1) is 9.54. The molecule has 0 amide bonds. The van der Waals surface area contributed by atoms with Gasteiger partial charge in [0.25, 0.3) is 0 Å². The predicted molar refractivity (Wildman–Crippen MR) is 77.3 cm³/mol. The molecule has 0 saturated carbocycles. The van der Waals surface area contributed by atoms with Crippen LogP contribution in [0.4, 0.5) is 8.78 Å². The smallest absolute Gasteiger partial charge is 0.159 e. The van der Waals surface area contributed by atoms with Crippen LogP contribution in [0.3, 0.4) is 0 Å². The van der Waals surface area contributed by atoms with Crippen LogP contribution >= 0.6 is 15.9 Å². The van der Waals surface area contributed by atoms with Gasteiger partial charge < -0.3 is 10.8 Å². The largest absolute Gasteiger partial charge is 0.388 e. The van der Waals surface area contributed by atoms with E-state index in [0.29, 0.717) is 5.56 Å². The third kappa shape index (κ3) is 3.06. The molecule has 0 heterocycles. The van der Waals surface area contributed by atoms with E-state index in [4.69, 9.17) is 5.73 Å². The standard InChI is InChI=1S/C15H14BrF2NO/c16-12-4-2-1-3-10(12)11(8-19)15(20)9-5-6-13(17)14(18)7-9/h1-7,11,15,20H,8,19H2. The van der Waals surface area contributed by atoms with Gasteiger partial charge in [-0.15, -0.1) is 0 Å². The molecule has 2 aromatic rings. The van der Waals surface area contributed by atoms with E-state index in [-0.39, 0.29) is 6.54 Å². The molecule has 0 aromatic heterocycles. The number of nitrogens with two attached hydrogens (primary N) is 1. The highest BCUT2D eigenvalue weighted by Crippen LogP contribution is 2.34. The quantitative estimate of drug-likeness (QED) is 0.893. The van der Waals surface area contributed by atoms with Gasteiger partial charge in [-0.2, -0.15) is 0 Å². The summed E-state index contributed by atoms with van der Waals surface area (Å²) < 4.78 is 27.0. The lowest BCUT2D eigenvalue weighted by molar-refractivity contribution is 0.146. The van der Waals surface area contributed by atoms with Gasteiger partial charge in [-0.05, 0) is 29.3 Å². The lowest BCUT2D eigenvalue weighted by Crippen LogP contribution is -2.20. The summed E-state index contributed by atoms with van der Waals surface area (Å²) in [5.74, 6) is -2.33. The lowest BCUT2D eigenvalue weighted by Gasteiger charge is -2.23. The van der Waals surface area contributed by atoms with Crippen LogP contribution in [0.5, 0.6) is 0 Å². The fourth-order valence-corrected chi connectivity index (χ4v) is 2.71. The van der Waals surface area contributed by atoms with E-state index in [1.54, 1.807) is 0 Å². The van der Waals surface area contributed by atoms with Gasteiger partial charge in [-0.3, -0.25) is 0 Å². The highest BCUT2D eigenvalue weighted by Gasteiger charge is 2.24. The van der Waals surface area contributed by atoms with Gasteiger partial charge >= 0.3 is 0 Å². The topological polar surface area (TPSA) is 46.2 Å². The second kappa shape index (κ2) is 6.43. The van der Waals surface area contributed by atoms with E-state index < -0.39 is 23.7 Å². The molecule has 0 spiro atoms. The molecule has 0 aliphatic carbocycles. The maximum atomic E-state index is 13.3. The highest BCUT2D eigenvalue weighted by molar-refractivity contribution is 9.10. The van der Waals surface area contributed by atoms with E-state index in [1.807, 2.05) is 24.3 Å². The first kappa shape index (κ1) is 15.1. The second-order valence-electron chi connectivity index (χ2n) is 4.48. The highest BCUT2D eigenvalue weighted by atomic mass is 79.9. The summed E-state index contributed by atoms with van der Waals surface area (Å²) in [5.41, 5.74) is 6.86. The van der Waals surface area contributed by atoms with Crippen LogP contribution in [0.15, 0.2) is 46.9 Å². The van der Waals surface area contributed by atoms with E-state index in [0.717, 1.165) is 22.2 Å². The molecule has 0 aliphatic rings. The van der Waals surface area contributed by atoms with Crippen molar-refractivity contribution in [2.75, 3.05) is 6.54 Å². The molecule has 3 N–H and O–H groups in total. The maximum Gasteiger partial charge on any atom is 0.159 e. The molecule has 2 nitrogen and oxygen atoms in total. The number of aliphatic hydroxyl groups is 1. The molecule has 20 heavy (non-hydrogen) atoms. The summed E-state index contributed by atoms with van der Waals surface area (Å²) in [6.45, 7) is 0.183. The maximum absolute atomic E-state index is 13.3. The molecule has 0 saturated heterocycles. The van der Waals surface area contributed by atoms with Crippen molar-refractivity contribution >= 4 is 15.9 Å². The molecule has 5 heteroatoms. The zero-order chi connectivity index (χ0) is 14.7. The Morgan fingerprint density at radius 1 is 1.10 bits per heavy atom. The third-order valence-corrected chi connectivity index (χ3v) is 3.95. The summed E-state index contributed by atoms with van der Waals surface area (Å²) in [6.07, 6.45) is -1.01. The van der Waals surface area contributed by atoms with Crippen molar-refractivity contribution in [2.45, 2.75) is 12.0 Å². The van der Waals surface area contributed by atoms with Crippen molar-refractivity contribution in [2.24, 2.45) is 5.73 Å². The van der Waals surface area contributed by atoms with Crippen molar-refractivity contribution in [3.63, 3.8) is 0 Å². The van der Waals surface area contributed by atoms with Gasteiger partial charge in [0.05, 0.1) is 6.10 Å². The van der Waals surface area contributed by atoms with Gasteiger partial charge in [-0.1, -0.05) is 40.2 Å². The summed E-state index contributed by atoms with van der Waals surface area (Å²) in [7, 11) is 0. The molecule has 0 aliphatic heterocycles. The van der Waals surface area contributed by atoms with Gasteiger partial charge in [0, 0.05) is 16.9 Å². The van der Waals surface area contributed by atoms with Crippen molar-refractivity contribution in [3.8, 4) is 0 Å². The number of hydrogen-bond donors (Lipinski definition) is 2. The Morgan fingerprint density at radius 3 is 2.40 bits per heavy atom. The molecule has 106 valence electrons. The molecular formula is C15H14BrF2NO. The predicted octanol–water partition coefficient (Wildman–Crippen LogP) is 3.50. The van der Waals surface area contributed by atoms with Crippen LogP contribution in [0, 0.1) is 11.6 Å². The Kier molecular flexibility index (Phi) is 4.86. The normalized spacial score (nSPS) is 14.1. The minimum absolute atomic E-state index is 0.183. The monoisotopic (exact) mass is 341 g/mol. The minimum Gasteiger partial charge on any atom is -0.388 e. The second-order valence-corrected chi connectivity index (χ2v) is 5.34. The molecule has 2 unspecified atom stereocenters. The van der Waals surface area contributed by atoms with Crippen molar-refractivity contribution in [3.05, 3.63) is 69.7 Å². The first-order valence-electron chi connectivity index (χ1n) is 6.12. The van der Waals surface area contributed by atoms with Gasteiger partial charge in [-0.25, -0.2) is 8.78 Å². The van der Waals surface area contributed by atoms with Crippen LogP contribution in [0.2, 0.25) is 0 Å². The van der Waals surface area contributed by atoms with Crippen LogP contribution in [0.25, 0.3) is 0 Å². The molecule has 2 atom stereocenters. The zero-order valence-corrected chi connectivity index (χ0v) is 12.1. The Balaban J connectivity index is 2.36. The van der Waals surface area contributed by atoms with Gasteiger partial charge in [0.1, 0.15) is 0 Å².